The summed E-state index contributed by atoms with van der Waals surface area (Å²) in [6, 6.07) is 1.97. The zero-order valence-corrected chi connectivity index (χ0v) is 13.7. The number of likely N-dealkylation sites (tertiary alicyclic amines) is 1. The molecule has 0 aromatic carbocycles. The molecular formula is C14H26N4O2S. The van der Waals surface area contributed by atoms with Crippen LogP contribution in [0.5, 0.6) is 0 Å². The quantitative estimate of drug-likeness (QED) is 0.777. The second-order valence-electron chi connectivity index (χ2n) is 5.69. The molecule has 1 atom stereocenters. The summed E-state index contributed by atoms with van der Waals surface area (Å²) in [5, 5.41) is 0. The smallest absolute Gasteiger partial charge is 0.242 e. The molecule has 0 amide bonds. The Morgan fingerprint density at radius 3 is 2.81 bits per heavy atom. The van der Waals surface area contributed by atoms with Crippen LogP contribution in [-0.4, -0.2) is 44.1 Å². The predicted octanol–water partition coefficient (Wildman–Crippen LogP) is 0.729. The van der Waals surface area contributed by atoms with Crippen molar-refractivity contribution in [3.63, 3.8) is 0 Å². The van der Waals surface area contributed by atoms with Crippen molar-refractivity contribution in [2.45, 2.75) is 50.2 Å². The van der Waals surface area contributed by atoms with Gasteiger partial charge in [0.15, 0.2) is 0 Å². The summed E-state index contributed by atoms with van der Waals surface area (Å²) >= 11 is 0. The fourth-order valence-corrected chi connectivity index (χ4v) is 3.96. The number of aryl methyl sites for hydroxylation is 1. The summed E-state index contributed by atoms with van der Waals surface area (Å²) in [5.74, 6) is 0. The highest BCUT2D eigenvalue weighted by atomic mass is 32.2. The van der Waals surface area contributed by atoms with E-state index in [1.165, 1.54) is 0 Å². The predicted molar refractivity (Wildman–Crippen MR) is 83.5 cm³/mol. The Bertz CT molecular complexity index is 568. The average molecular weight is 314 g/mol. The van der Waals surface area contributed by atoms with Gasteiger partial charge in [0.1, 0.15) is 0 Å². The van der Waals surface area contributed by atoms with Crippen LogP contribution in [0.3, 0.4) is 0 Å². The largest absolute Gasteiger partial charge is 0.349 e. The van der Waals surface area contributed by atoms with E-state index in [1.807, 2.05) is 11.6 Å². The molecule has 0 radical (unpaired) electrons. The first-order valence-corrected chi connectivity index (χ1v) is 9.05. The molecule has 2 heterocycles. The van der Waals surface area contributed by atoms with Crippen molar-refractivity contribution in [1.82, 2.24) is 14.2 Å². The van der Waals surface area contributed by atoms with Crippen molar-refractivity contribution in [2.75, 3.05) is 20.1 Å². The fourth-order valence-electron chi connectivity index (χ4n) is 2.82. The lowest BCUT2D eigenvalue weighted by atomic mass is 10.2. The van der Waals surface area contributed by atoms with Crippen molar-refractivity contribution in [1.29, 1.82) is 0 Å². The van der Waals surface area contributed by atoms with Gasteiger partial charge in [0, 0.05) is 37.6 Å². The summed E-state index contributed by atoms with van der Waals surface area (Å²) < 4.78 is 29.5. The lowest BCUT2D eigenvalue weighted by Gasteiger charge is -2.19. The van der Waals surface area contributed by atoms with Crippen molar-refractivity contribution in [3.05, 3.63) is 18.0 Å². The van der Waals surface area contributed by atoms with E-state index in [9.17, 15) is 8.42 Å². The van der Waals surface area contributed by atoms with E-state index in [2.05, 4.69) is 16.5 Å². The average Bonchev–Trinajstić information content (AvgIpc) is 3.04. The SMILES string of the molecule is CCCn1cc(S(=O)(=O)NCC2CCCN2C)cc1CN. The van der Waals surface area contributed by atoms with Crippen LogP contribution in [0.2, 0.25) is 0 Å². The van der Waals surface area contributed by atoms with E-state index >= 15 is 0 Å². The van der Waals surface area contributed by atoms with Crippen molar-refractivity contribution in [2.24, 2.45) is 5.73 Å². The van der Waals surface area contributed by atoms with Crippen molar-refractivity contribution in [3.8, 4) is 0 Å². The standard InChI is InChI=1S/C14H26N4O2S/c1-3-6-18-11-14(8-13(18)9-15)21(19,20)16-10-12-5-4-7-17(12)2/h8,11-12,16H,3-7,9-10,15H2,1-2H3. The van der Waals surface area contributed by atoms with Gasteiger partial charge in [-0.15, -0.1) is 0 Å². The van der Waals surface area contributed by atoms with E-state index in [1.54, 1.807) is 12.3 Å². The Morgan fingerprint density at radius 2 is 2.24 bits per heavy atom. The topological polar surface area (TPSA) is 80.4 Å². The van der Waals surface area contributed by atoms with Gasteiger partial charge in [-0.3, -0.25) is 0 Å². The molecule has 1 aliphatic heterocycles. The molecule has 0 aliphatic carbocycles. The van der Waals surface area contributed by atoms with E-state index in [0.717, 1.165) is 38.0 Å². The highest BCUT2D eigenvalue weighted by Gasteiger charge is 2.24. The number of nitrogens with two attached hydrogens (primary N) is 1. The Balaban J connectivity index is 2.08. The molecular weight excluding hydrogens is 288 g/mol. The van der Waals surface area contributed by atoms with Gasteiger partial charge in [0.2, 0.25) is 10.0 Å². The highest BCUT2D eigenvalue weighted by molar-refractivity contribution is 7.89. The molecule has 1 aromatic rings. The molecule has 2 rings (SSSR count). The van der Waals surface area contributed by atoms with Crippen LogP contribution in [0.15, 0.2) is 17.2 Å². The molecule has 1 aromatic heterocycles. The number of nitrogens with zero attached hydrogens (tertiary/aromatic N) is 2. The second-order valence-corrected chi connectivity index (χ2v) is 7.46. The lowest BCUT2D eigenvalue weighted by molar-refractivity contribution is 0.311. The molecule has 3 N–H and O–H groups in total. The maximum atomic E-state index is 12.4. The molecule has 21 heavy (non-hydrogen) atoms. The van der Waals surface area contributed by atoms with E-state index in [-0.39, 0.29) is 0 Å². The van der Waals surface area contributed by atoms with Crippen LogP contribution < -0.4 is 10.5 Å². The molecule has 7 heteroatoms. The third-order valence-electron chi connectivity index (χ3n) is 4.13. The minimum Gasteiger partial charge on any atom is -0.349 e. The van der Waals surface area contributed by atoms with Crippen LogP contribution in [0.1, 0.15) is 31.9 Å². The molecule has 0 bridgehead atoms. The van der Waals surface area contributed by atoms with Crippen LogP contribution in [0.4, 0.5) is 0 Å². The van der Waals surface area contributed by atoms with Gasteiger partial charge in [-0.2, -0.15) is 0 Å². The first-order valence-electron chi connectivity index (χ1n) is 7.57. The molecule has 6 nitrogen and oxygen atoms in total. The number of sulfonamides is 1. The number of hydrogen-bond acceptors (Lipinski definition) is 4. The Kier molecular flexibility index (Phi) is 5.43. The van der Waals surface area contributed by atoms with Crippen LogP contribution in [0, 0.1) is 0 Å². The van der Waals surface area contributed by atoms with Gasteiger partial charge in [0.05, 0.1) is 4.90 Å². The Morgan fingerprint density at radius 1 is 1.48 bits per heavy atom. The number of rotatable bonds is 7. The maximum absolute atomic E-state index is 12.4. The van der Waals surface area contributed by atoms with Crippen LogP contribution in [-0.2, 0) is 23.1 Å². The van der Waals surface area contributed by atoms with Gasteiger partial charge in [0.25, 0.3) is 0 Å². The number of aromatic nitrogens is 1. The van der Waals surface area contributed by atoms with E-state index in [0.29, 0.717) is 24.0 Å². The summed E-state index contributed by atoms with van der Waals surface area (Å²) in [5.41, 5.74) is 6.54. The molecule has 1 saturated heterocycles. The third-order valence-corrected chi connectivity index (χ3v) is 5.52. The zero-order valence-electron chi connectivity index (χ0n) is 12.9. The highest BCUT2D eigenvalue weighted by Crippen LogP contribution is 2.17. The van der Waals surface area contributed by atoms with E-state index in [4.69, 9.17) is 5.73 Å². The molecule has 120 valence electrons. The molecule has 0 saturated carbocycles. The lowest BCUT2D eigenvalue weighted by Crippen LogP contribution is -2.38. The minimum absolute atomic E-state index is 0.298. The first-order chi connectivity index (χ1) is 9.97. The molecule has 1 aliphatic rings. The summed E-state index contributed by atoms with van der Waals surface area (Å²) in [6.07, 6.45) is 4.81. The Labute approximate surface area is 127 Å². The zero-order chi connectivity index (χ0) is 15.5. The normalized spacial score (nSPS) is 20.2. The molecule has 0 spiro atoms. The molecule has 1 fully saturated rings. The van der Waals surface area contributed by atoms with Crippen LogP contribution in [0.25, 0.3) is 0 Å². The Hall–Kier alpha value is -0.890. The number of hydrogen-bond donors (Lipinski definition) is 2. The number of likely N-dealkylation sites (N-methyl/N-ethyl adjacent to an activating group) is 1. The van der Waals surface area contributed by atoms with Gasteiger partial charge in [-0.25, -0.2) is 13.1 Å². The van der Waals surface area contributed by atoms with E-state index < -0.39 is 10.0 Å². The minimum atomic E-state index is -3.45. The fraction of sp³-hybridized carbons (Fsp3) is 0.714. The number of nitrogens with one attached hydrogen (secondary N) is 1. The van der Waals surface area contributed by atoms with Crippen molar-refractivity contribution < 1.29 is 8.42 Å². The first kappa shape index (κ1) is 16.5. The van der Waals surface area contributed by atoms with Gasteiger partial charge in [-0.05, 0) is 38.9 Å². The summed E-state index contributed by atoms with van der Waals surface area (Å²) in [7, 11) is -1.42. The molecule has 1 unspecified atom stereocenters. The summed E-state index contributed by atoms with van der Waals surface area (Å²) in [6.45, 7) is 4.70. The monoisotopic (exact) mass is 314 g/mol. The summed E-state index contributed by atoms with van der Waals surface area (Å²) in [4.78, 5) is 2.52. The third kappa shape index (κ3) is 3.85. The van der Waals surface area contributed by atoms with Crippen molar-refractivity contribution >= 4 is 10.0 Å². The second kappa shape index (κ2) is 6.91. The van der Waals surface area contributed by atoms with Gasteiger partial charge >= 0.3 is 0 Å². The maximum Gasteiger partial charge on any atom is 0.242 e. The van der Waals surface area contributed by atoms with Gasteiger partial charge < -0.3 is 15.2 Å². The van der Waals surface area contributed by atoms with Crippen LogP contribution >= 0.6 is 0 Å². The van der Waals surface area contributed by atoms with Gasteiger partial charge in [-0.1, -0.05) is 6.92 Å².